The molecular weight excluding hydrogens is 378 g/mol. The molecule has 5 rings (SSSR count). The van der Waals surface area contributed by atoms with Gasteiger partial charge in [0.25, 0.3) is 0 Å². The lowest BCUT2D eigenvalue weighted by Gasteiger charge is -2.27. The average molecular weight is 403 g/mol. The number of aromatic nitrogens is 1. The number of fused-ring (bicyclic) bond motifs is 1. The number of benzene rings is 1. The zero-order chi connectivity index (χ0) is 20.7. The van der Waals surface area contributed by atoms with E-state index in [1.807, 2.05) is 43.5 Å². The molecule has 7 nitrogen and oxygen atoms in total. The van der Waals surface area contributed by atoms with Crippen LogP contribution in [0.15, 0.2) is 47.8 Å². The van der Waals surface area contributed by atoms with Crippen molar-refractivity contribution in [2.75, 3.05) is 11.9 Å². The Hall–Kier alpha value is -3.22. The topological polar surface area (TPSA) is 77.9 Å². The number of hydrazone groups is 1. The monoisotopic (exact) mass is 403 g/mol. The number of pyridine rings is 1. The van der Waals surface area contributed by atoms with E-state index in [1.165, 1.54) is 12.8 Å². The minimum absolute atomic E-state index is 0.0881. The fourth-order valence-electron chi connectivity index (χ4n) is 4.07. The van der Waals surface area contributed by atoms with Crippen molar-refractivity contribution >= 4 is 23.3 Å². The van der Waals surface area contributed by atoms with Crippen LogP contribution >= 0.6 is 0 Å². The standard InChI is InChI=1S/C23H25N5O2/c1-15-10-21(29)28(12-16-2-3-16)26-22(15)17-4-6-20(7-5-17)25-23(30)27-13-18-8-9-24-11-19(18)14-27/h4-9,11,15-16H,2-3,10,12-14H2,1H3,(H,25,30)/t15-/m0/s1. The Morgan fingerprint density at radius 1 is 1.13 bits per heavy atom. The van der Waals surface area contributed by atoms with Crippen LogP contribution in [0.2, 0.25) is 0 Å². The highest BCUT2D eigenvalue weighted by atomic mass is 16.2. The van der Waals surface area contributed by atoms with Gasteiger partial charge in [-0.2, -0.15) is 5.10 Å². The van der Waals surface area contributed by atoms with Gasteiger partial charge in [-0.15, -0.1) is 0 Å². The van der Waals surface area contributed by atoms with E-state index in [2.05, 4.69) is 15.4 Å². The van der Waals surface area contributed by atoms with Crippen LogP contribution in [-0.2, 0) is 17.9 Å². The van der Waals surface area contributed by atoms with Crippen LogP contribution in [0.1, 0.15) is 42.9 Å². The first kappa shape index (κ1) is 18.8. The molecule has 2 aromatic rings. The number of rotatable bonds is 4. The number of hydrogen-bond donors (Lipinski definition) is 1. The van der Waals surface area contributed by atoms with Gasteiger partial charge >= 0.3 is 6.03 Å². The zero-order valence-corrected chi connectivity index (χ0v) is 17.0. The van der Waals surface area contributed by atoms with Gasteiger partial charge in [0.05, 0.1) is 5.71 Å². The van der Waals surface area contributed by atoms with Gasteiger partial charge in [0.15, 0.2) is 0 Å². The van der Waals surface area contributed by atoms with Crippen LogP contribution in [0, 0.1) is 11.8 Å². The van der Waals surface area contributed by atoms with E-state index in [-0.39, 0.29) is 17.9 Å². The van der Waals surface area contributed by atoms with E-state index in [0.717, 1.165) is 34.6 Å². The Labute approximate surface area is 175 Å². The van der Waals surface area contributed by atoms with Crippen LogP contribution < -0.4 is 5.32 Å². The third kappa shape index (κ3) is 3.79. The molecular formula is C23H25N5O2. The van der Waals surface area contributed by atoms with Gasteiger partial charge in [-0.3, -0.25) is 9.78 Å². The molecule has 1 fully saturated rings. The number of carbonyl (C=O) groups is 2. The second kappa shape index (κ2) is 7.55. The largest absolute Gasteiger partial charge is 0.322 e. The number of nitrogens with one attached hydrogen (secondary N) is 1. The summed E-state index contributed by atoms with van der Waals surface area (Å²) in [6.07, 6.45) is 6.46. The molecule has 0 bridgehead atoms. The Bertz CT molecular complexity index is 988. The van der Waals surface area contributed by atoms with Gasteiger partial charge in [-0.25, -0.2) is 9.80 Å². The molecule has 1 aromatic heterocycles. The first-order chi connectivity index (χ1) is 14.6. The summed E-state index contributed by atoms with van der Waals surface area (Å²) >= 11 is 0. The lowest BCUT2D eigenvalue weighted by molar-refractivity contribution is -0.132. The Morgan fingerprint density at radius 3 is 2.63 bits per heavy atom. The molecule has 3 aliphatic rings. The second-order valence-electron chi connectivity index (χ2n) is 8.52. The molecule has 0 saturated heterocycles. The van der Waals surface area contributed by atoms with Gasteiger partial charge in [0, 0.05) is 50.1 Å². The molecule has 3 heterocycles. The lowest BCUT2D eigenvalue weighted by Crippen LogP contribution is -2.37. The fourth-order valence-corrected chi connectivity index (χ4v) is 4.07. The molecule has 30 heavy (non-hydrogen) atoms. The van der Waals surface area contributed by atoms with Gasteiger partial charge in [0.1, 0.15) is 0 Å². The van der Waals surface area contributed by atoms with Crippen LogP contribution in [0.25, 0.3) is 0 Å². The van der Waals surface area contributed by atoms with E-state index in [9.17, 15) is 9.59 Å². The summed E-state index contributed by atoms with van der Waals surface area (Å²) in [6, 6.07) is 9.57. The molecule has 1 aliphatic carbocycles. The summed E-state index contributed by atoms with van der Waals surface area (Å²) < 4.78 is 0. The molecule has 1 saturated carbocycles. The first-order valence-electron chi connectivity index (χ1n) is 10.5. The van der Waals surface area contributed by atoms with Crippen molar-refractivity contribution in [2.45, 2.75) is 39.3 Å². The molecule has 0 spiro atoms. The zero-order valence-electron chi connectivity index (χ0n) is 17.0. The first-order valence-corrected chi connectivity index (χ1v) is 10.5. The van der Waals surface area contributed by atoms with Crippen molar-refractivity contribution in [1.29, 1.82) is 0 Å². The highest BCUT2D eigenvalue weighted by Gasteiger charge is 2.32. The summed E-state index contributed by atoms with van der Waals surface area (Å²) in [5, 5.41) is 9.30. The third-order valence-corrected chi connectivity index (χ3v) is 6.04. The SMILES string of the molecule is C[C@H]1CC(=O)N(CC2CC2)N=C1c1ccc(NC(=O)N2Cc3ccncc3C2)cc1. The van der Waals surface area contributed by atoms with Gasteiger partial charge in [-0.1, -0.05) is 19.1 Å². The number of hydrogen-bond acceptors (Lipinski definition) is 4. The smallest absolute Gasteiger partial charge is 0.316 e. The van der Waals surface area contributed by atoms with E-state index in [4.69, 9.17) is 0 Å². The second-order valence-corrected chi connectivity index (χ2v) is 8.52. The van der Waals surface area contributed by atoms with Crippen molar-refractivity contribution in [1.82, 2.24) is 14.9 Å². The van der Waals surface area contributed by atoms with Crippen LogP contribution in [0.4, 0.5) is 10.5 Å². The van der Waals surface area contributed by atoms with E-state index < -0.39 is 0 Å². The molecule has 2 aliphatic heterocycles. The van der Waals surface area contributed by atoms with Crippen LogP contribution in [0.3, 0.4) is 0 Å². The molecule has 7 heteroatoms. The molecule has 1 atom stereocenters. The minimum atomic E-state index is -0.122. The number of carbonyl (C=O) groups excluding carboxylic acids is 2. The predicted molar refractivity (Wildman–Crippen MR) is 114 cm³/mol. The molecule has 1 N–H and O–H groups in total. The highest BCUT2D eigenvalue weighted by Crippen LogP contribution is 2.32. The normalized spacial score (nSPS) is 20.8. The quantitative estimate of drug-likeness (QED) is 0.847. The summed E-state index contributed by atoms with van der Waals surface area (Å²) in [5.41, 5.74) is 4.92. The van der Waals surface area contributed by atoms with Crippen LogP contribution in [0.5, 0.6) is 0 Å². The molecule has 1 aromatic carbocycles. The lowest BCUT2D eigenvalue weighted by atomic mass is 9.93. The van der Waals surface area contributed by atoms with Crippen molar-refractivity contribution in [3.63, 3.8) is 0 Å². The maximum absolute atomic E-state index is 12.6. The van der Waals surface area contributed by atoms with Crippen molar-refractivity contribution < 1.29 is 9.59 Å². The van der Waals surface area contributed by atoms with E-state index in [0.29, 0.717) is 25.4 Å². The Balaban J connectivity index is 1.26. The number of amides is 3. The molecule has 0 radical (unpaired) electrons. The van der Waals surface area contributed by atoms with Gasteiger partial charge in [0.2, 0.25) is 5.91 Å². The highest BCUT2D eigenvalue weighted by molar-refractivity contribution is 6.06. The van der Waals surface area contributed by atoms with Crippen molar-refractivity contribution in [3.8, 4) is 0 Å². The minimum Gasteiger partial charge on any atom is -0.316 e. The predicted octanol–water partition coefficient (Wildman–Crippen LogP) is 3.61. The number of anilines is 1. The summed E-state index contributed by atoms with van der Waals surface area (Å²) in [7, 11) is 0. The number of nitrogens with zero attached hydrogens (tertiary/aromatic N) is 4. The molecule has 154 valence electrons. The summed E-state index contributed by atoms with van der Waals surface area (Å²) in [5.74, 6) is 0.811. The Morgan fingerprint density at radius 2 is 1.90 bits per heavy atom. The molecule has 0 unspecified atom stereocenters. The fraction of sp³-hybridized carbons (Fsp3) is 0.391. The maximum atomic E-state index is 12.6. The molecule has 3 amide bonds. The van der Waals surface area contributed by atoms with E-state index in [1.54, 1.807) is 16.1 Å². The average Bonchev–Trinajstić information content (AvgIpc) is 3.45. The van der Waals surface area contributed by atoms with E-state index >= 15 is 0 Å². The van der Waals surface area contributed by atoms with Gasteiger partial charge in [-0.05, 0) is 53.6 Å². The Kier molecular flexibility index (Phi) is 4.73. The van der Waals surface area contributed by atoms with Crippen LogP contribution in [-0.4, -0.2) is 39.1 Å². The van der Waals surface area contributed by atoms with Crippen molar-refractivity contribution in [3.05, 3.63) is 59.4 Å². The van der Waals surface area contributed by atoms with Gasteiger partial charge < -0.3 is 10.2 Å². The summed E-state index contributed by atoms with van der Waals surface area (Å²) in [6.45, 7) is 3.95. The van der Waals surface area contributed by atoms with Crippen molar-refractivity contribution in [2.24, 2.45) is 16.9 Å². The third-order valence-electron chi connectivity index (χ3n) is 6.04. The summed E-state index contributed by atoms with van der Waals surface area (Å²) in [4.78, 5) is 30.8. The maximum Gasteiger partial charge on any atom is 0.322 e. The number of urea groups is 1.